The molecule has 1 heterocycles. The summed E-state index contributed by atoms with van der Waals surface area (Å²) in [4.78, 5) is 4.39. The van der Waals surface area contributed by atoms with Crippen molar-refractivity contribution in [2.75, 3.05) is 0 Å². The van der Waals surface area contributed by atoms with Crippen molar-refractivity contribution in [3.63, 3.8) is 0 Å². The largest absolute Gasteiger partial charge is 0.337 e. The van der Waals surface area contributed by atoms with Crippen LogP contribution < -0.4 is 4.72 Å². The van der Waals surface area contributed by atoms with Crippen molar-refractivity contribution in [1.29, 1.82) is 0 Å². The Morgan fingerprint density at radius 1 is 1.08 bits per heavy atom. The molecule has 1 N–H and O–H groups in total. The molecule has 0 bridgehead atoms. The summed E-state index contributed by atoms with van der Waals surface area (Å²) in [6.45, 7) is 3.62. The molecular formula is C17H16ClN3O3S. The van der Waals surface area contributed by atoms with E-state index in [9.17, 15) is 8.42 Å². The standard InChI is InChI=1S/C17H16ClN3O3S/c1-11-3-5-13(6-4-11)16-19-17(24-20-16)12(2)21-25(22,23)15-9-7-14(18)8-10-15/h3-10,12,21H,1-2H3/t12-/m0/s1. The molecule has 0 unspecified atom stereocenters. The Bertz CT molecular complexity index is 967. The molecule has 2 aromatic carbocycles. The lowest BCUT2D eigenvalue weighted by atomic mass is 10.1. The Morgan fingerprint density at radius 3 is 2.36 bits per heavy atom. The molecule has 0 amide bonds. The third kappa shape index (κ3) is 4.07. The average molecular weight is 378 g/mol. The van der Waals surface area contributed by atoms with E-state index in [-0.39, 0.29) is 10.8 Å². The van der Waals surface area contributed by atoms with E-state index < -0.39 is 16.1 Å². The van der Waals surface area contributed by atoms with Crippen LogP contribution >= 0.6 is 11.6 Å². The first-order chi connectivity index (χ1) is 11.8. The fourth-order valence-electron chi connectivity index (χ4n) is 2.20. The lowest BCUT2D eigenvalue weighted by Crippen LogP contribution is -2.27. The molecule has 0 fully saturated rings. The summed E-state index contributed by atoms with van der Waals surface area (Å²) < 4.78 is 32.5. The maximum Gasteiger partial charge on any atom is 0.244 e. The van der Waals surface area contributed by atoms with E-state index in [1.54, 1.807) is 6.92 Å². The van der Waals surface area contributed by atoms with Gasteiger partial charge in [0.1, 0.15) is 0 Å². The van der Waals surface area contributed by atoms with Gasteiger partial charge in [0.2, 0.25) is 21.7 Å². The minimum absolute atomic E-state index is 0.113. The summed E-state index contributed by atoms with van der Waals surface area (Å²) in [6, 6.07) is 12.9. The normalized spacial score (nSPS) is 12.9. The number of hydrogen-bond acceptors (Lipinski definition) is 5. The van der Waals surface area contributed by atoms with E-state index in [1.807, 2.05) is 31.2 Å². The molecule has 6 nitrogen and oxygen atoms in total. The van der Waals surface area contributed by atoms with Crippen LogP contribution in [0.25, 0.3) is 11.4 Å². The number of hydrogen-bond donors (Lipinski definition) is 1. The second-order valence-electron chi connectivity index (χ2n) is 5.62. The maximum absolute atomic E-state index is 12.4. The molecule has 0 radical (unpaired) electrons. The number of nitrogens with one attached hydrogen (secondary N) is 1. The highest BCUT2D eigenvalue weighted by Gasteiger charge is 2.22. The smallest absolute Gasteiger partial charge is 0.244 e. The topological polar surface area (TPSA) is 85.1 Å². The molecular weight excluding hydrogens is 362 g/mol. The van der Waals surface area contributed by atoms with Crippen molar-refractivity contribution < 1.29 is 12.9 Å². The molecule has 3 aromatic rings. The summed E-state index contributed by atoms with van der Waals surface area (Å²) in [7, 11) is -3.72. The van der Waals surface area contributed by atoms with Gasteiger partial charge in [-0.2, -0.15) is 9.71 Å². The molecule has 0 saturated heterocycles. The molecule has 1 atom stereocenters. The second-order valence-corrected chi connectivity index (χ2v) is 7.77. The monoisotopic (exact) mass is 377 g/mol. The van der Waals surface area contributed by atoms with Gasteiger partial charge in [0.15, 0.2) is 0 Å². The number of aryl methyl sites for hydroxylation is 1. The van der Waals surface area contributed by atoms with Crippen molar-refractivity contribution in [2.45, 2.75) is 24.8 Å². The van der Waals surface area contributed by atoms with Gasteiger partial charge in [-0.15, -0.1) is 0 Å². The van der Waals surface area contributed by atoms with Gasteiger partial charge in [-0.1, -0.05) is 46.6 Å². The van der Waals surface area contributed by atoms with Crippen LogP contribution in [0.4, 0.5) is 0 Å². The van der Waals surface area contributed by atoms with Gasteiger partial charge in [-0.05, 0) is 38.1 Å². The summed E-state index contributed by atoms with van der Waals surface area (Å²) in [5, 5.41) is 4.38. The van der Waals surface area contributed by atoms with Crippen molar-refractivity contribution in [3.05, 3.63) is 65.0 Å². The Balaban J connectivity index is 1.78. The number of aromatic nitrogens is 2. The average Bonchev–Trinajstić information content (AvgIpc) is 3.06. The predicted octanol–water partition coefficient (Wildman–Crippen LogP) is 3.74. The number of halogens is 1. The Labute approximate surface area is 150 Å². The van der Waals surface area contributed by atoms with Crippen LogP contribution in [0.3, 0.4) is 0 Å². The van der Waals surface area contributed by atoms with Crippen LogP contribution in [-0.2, 0) is 10.0 Å². The highest BCUT2D eigenvalue weighted by Crippen LogP contribution is 2.21. The Morgan fingerprint density at radius 2 is 1.72 bits per heavy atom. The zero-order valence-corrected chi connectivity index (χ0v) is 15.2. The van der Waals surface area contributed by atoms with Crippen LogP contribution in [0.15, 0.2) is 57.9 Å². The summed E-state index contributed by atoms with van der Waals surface area (Å²) >= 11 is 5.79. The van der Waals surface area contributed by atoms with Crippen LogP contribution in [0.5, 0.6) is 0 Å². The first-order valence-electron chi connectivity index (χ1n) is 7.54. The molecule has 8 heteroatoms. The minimum Gasteiger partial charge on any atom is -0.337 e. The quantitative estimate of drug-likeness (QED) is 0.732. The summed E-state index contributed by atoms with van der Waals surface area (Å²) in [5.74, 6) is 0.598. The molecule has 25 heavy (non-hydrogen) atoms. The van der Waals surface area contributed by atoms with Gasteiger partial charge < -0.3 is 4.52 Å². The van der Waals surface area contributed by atoms with E-state index in [1.165, 1.54) is 24.3 Å². The third-order valence-corrected chi connectivity index (χ3v) is 5.39. The molecule has 3 rings (SSSR count). The second kappa shape index (κ2) is 6.95. The molecule has 0 aliphatic rings. The molecule has 1 aromatic heterocycles. The zero-order chi connectivity index (χ0) is 18.0. The molecule has 130 valence electrons. The highest BCUT2D eigenvalue weighted by atomic mass is 35.5. The molecule has 0 saturated carbocycles. The SMILES string of the molecule is Cc1ccc(-c2noc([C@H](C)NS(=O)(=O)c3ccc(Cl)cc3)n2)cc1. The van der Waals surface area contributed by atoms with Gasteiger partial charge >= 0.3 is 0 Å². The fourth-order valence-corrected chi connectivity index (χ4v) is 3.52. The zero-order valence-electron chi connectivity index (χ0n) is 13.6. The van der Waals surface area contributed by atoms with E-state index >= 15 is 0 Å². The van der Waals surface area contributed by atoms with Crippen molar-refractivity contribution in [1.82, 2.24) is 14.9 Å². The van der Waals surface area contributed by atoms with Gasteiger partial charge in [0.05, 0.1) is 10.9 Å². The summed E-state index contributed by atoms with van der Waals surface area (Å²) in [5.41, 5.74) is 1.92. The van der Waals surface area contributed by atoms with Crippen molar-refractivity contribution in [3.8, 4) is 11.4 Å². The third-order valence-electron chi connectivity index (χ3n) is 3.58. The lowest BCUT2D eigenvalue weighted by Gasteiger charge is -2.10. The van der Waals surface area contributed by atoms with Crippen LogP contribution in [-0.4, -0.2) is 18.6 Å². The van der Waals surface area contributed by atoms with Gasteiger partial charge in [-0.25, -0.2) is 8.42 Å². The molecule has 0 spiro atoms. The van der Waals surface area contributed by atoms with Crippen LogP contribution in [0, 0.1) is 6.92 Å². The highest BCUT2D eigenvalue weighted by molar-refractivity contribution is 7.89. The van der Waals surface area contributed by atoms with Crippen molar-refractivity contribution >= 4 is 21.6 Å². The lowest BCUT2D eigenvalue weighted by molar-refractivity contribution is 0.354. The van der Waals surface area contributed by atoms with Gasteiger partial charge in [0, 0.05) is 10.6 Å². The van der Waals surface area contributed by atoms with Crippen molar-refractivity contribution in [2.24, 2.45) is 0 Å². The fraction of sp³-hybridized carbons (Fsp3) is 0.176. The van der Waals surface area contributed by atoms with E-state index in [4.69, 9.17) is 16.1 Å². The molecule has 0 aliphatic heterocycles. The number of nitrogens with zero attached hydrogens (tertiary/aromatic N) is 2. The van der Waals surface area contributed by atoms with E-state index in [0.717, 1.165) is 11.1 Å². The predicted molar refractivity (Wildman–Crippen MR) is 94.7 cm³/mol. The minimum atomic E-state index is -3.72. The Hall–Kier alpha value is -2.22. The van der Waals surface area contributed by atoms with E-state index in [2.05, 4.69) is 14.9 Å². The van der Waals surface area contributed by atoms with Crippen LogP contribution in [0.1, 0.15) is 24.4 Å². The number of benzene rings is 2. The Kier molecular flexibility index (Phi) is 4.89. The first-order valence-corrected chi connectivity index (χ1v) is 9.40. The van der Waals surface area contributed by atoms with Gasteiger partial charge in [0.25, 0.3) is 0 Å². The van der Waals surface area contributed by atoms with Gasteiger partial charge in [-0.3, -0.25) is 0 Å². The van der Waals surface area contributed by atoms with Crippen LogP contribution in [0.2, 0.25) is 5.02 Å². The summed E-state index contributed by atoms with van der Waals surface area (Å²) in [6.07, 6.45) is 0. The maximum atomic E-state index is 12.4. The first kappa shape index (κ1) is 17.6. The molecule has 0 aliphatic carbocycles. The van der Waals surface area contributed by atoms with E-state index in [0.29, 0.717) is 10.8 Å². The number of sulfonamides is 1. The number of rotatable bonds is 5.